The van der Waals surface area contributed by atoms with Crippen molar-refractivity contribution >= 4 is 17.5 Å². The Labute approximate surface area is 139 Å². The van der Waals surface area contributed by atoms with Gasteiger partial charge in [-0.2, -0.15) is 0 Å². The van der Waals surface area contributed by atoms with Crippen LogP contribution >= 0.6 is 11.6 Å². The van der Waals surface area contributed by atoms with Gasteiger partial charge in [0.1, 0.15) is 5.15 Å². The minimum Gasteiger partial charge on any atom is -0.341 e. The van der Waals surface area contributed by atoms with Crippen molar-refractivity contribution in [3.8, 4) is 0 Å². The number of hydrogen-bond donors (Lipinski definition) is 1. The molecular formula is C18H14ClN3O. The molecule has 3 rings (SSSR count). The van der Waals surface area contributed by atoms with E-state index in [0.717, 1.165) is 11.1 Å². The summed E-state index contributed by atoms with van der Waals surface area (Å²) in [4.78, 5) is 20.5. The molecule has 1 aromatic carbocycles. The number of benzene rings is 1. The molecule has 0 bridgehead atoms. The Balaban J connectivity index is 1.92. The lowest BCUT2D eigenvalue weighted by Gasteiger charge is -2.19. The zero-order valence-corrected chi connectivity index (χ0v) is 12.9. The van der Waals surface area contributed by atoms with Crippen LogP contribution in [0.4, 0.5) is 0 Å². The van der Waals surface area contributed by atoms with E-state index >= 15 is 0 Å². The van der Waals surface area contributed by atoms with Gasteiger partial charge in [-0.25, -0.2) is 4.98 Å². The molecule has 1 atom stereocenters. The van der Waals surface area contributed by atoms with Gasteiger partial charge < -0.3 is 5.32 Å². The predicted octanol–water partition coefficient (Wildman–Crippen LogP) is 3.65. The maximum atomic E-state index is 12.5. The second kappa shape index (κ2) is 7.03. The van der Waals surface area contributed by atoms with Gasteiger partial charge >= 0.3 is 0 Å². The highest BCUT2D eigenvalue weighted by atomic mass is 35.5. The Morgan fingerprint density at radius 3 is 2.35 bits per heavy atom. The summed E-state index contributed by atoms with van der Waals surface area (Å²) in [7, 11) is 0. The van der Waals surface area contributed by atoms with Crippen molar-refractivity contribution in [2.24, 2.45) is 0 Å². The highest BCUT2D eigenvalue weighted by molar-refractivity contribution is 6.29. The lowest BCUT2D eigenvalue weighted by atomic mass is 9.99. The molecule has 1 N–H and O–H groups in total. The third-order valence-corrected chi connectivity index (χ3v) is 3.64. The molecule has 1 unspecified atom stereocenters. The summed E-state index contributed by atoms with van der Waals surface area (Å²) in [6.07, 6.45) is 4.93. The van der Waals surface area contributed by atoms with Crippen LogP contribution in [0.1, 0.15) is 27.5 Å². The number of nitrogens with zero attached hydrogens (tertiary/aromatic N) is 2. The van der Waals surface area contributed by atoms with E-state index in [1.165, 1.54) is 6.20 Å². The van der Waals surface area contributed by atoms with Crippen LogP contribution in [0.2, 0.25) is 5.15 Å². The van der Waals surface area contributed by atoms with Gasteiger partial charge in [0.05, 0.1) is 6.04 Å². The van der Waals surface area contributed by atoms with Crippen LogP contribution in [-0.4, -0.2) is 15.9 Å². The molecule has 4 nitrogen and oxygen atoms in total. The monoisotopic (exact) mass is 323 g/mol. The topological polar surface area (TPSA) is 54.9 Å². The Kier molecular flexibility index (Phi) is 4.64. The summed E-state index contributed by atoms with van der Waals surface area (Å²) in [5.41, 5.74) is 2.42. The fraction of sp³-hybridized carbons (Fsp3) is 0.0556. The molecule has 0 aliphatic rings. The van der Waals surface area contributed by atoms with E-state index in [-0.39, 0.29) is 17.1 Å². The lowest BCUT2D eigenvalue weighted by Crippen LogP contribution is -2.29. The molecule has 0 radical (unpaired) electrons. The third kappa shape index (κ3) is 3.73. The molecular weight excluding hydrogens is 310 g/mol. The molecule has 2 heterocycles. The summed E-state index contributed by atoms with van der Waals surface area (Å²) < 4.78 is 0. The van der Waals surface area contributed by atoms with Gasteiger partial charge in [0.15, 0.2) is 0 Å². The number of hydrogen-bond acceptors (Lipinski definition) is 3. The van der Waals surface area contributed by atoms with Crippen LogP contribution in [-0.2, 0) is 0 Å². The second-order valence-electron chi connectivity index (χ2n) is 4.96. The quantitative estimate of drug-likeness (QED) is 0.746. The molecule has 2 aromatic heterocycles. The van der Waals surface area contributed by atoms with Crippen molar-refractivity contribution in [3.05, 3.63) is 95.0 Å². The van der Waals surface area contributed by atoms with Crippen LogP contribution in [0.15, 0.2) is 73.2 Å². The van der Waals surface area contributed by atoms with E-state index in [1.807, 2.05) is 42.5 Å². The first-order chi connectivity index (χ1) is 11.2. The minimum absolute atomic E-state index is 0.208. The smallest absolute Gasteiger partial charge is 0.252 e. The molecule has 5 heteroatoms. The number of nitrogens with one attached hydrogen (secondary N) is 1. The van der Waals surface area contributed by atoms with Crippen molar-refractivity contribution in [1.82, 2.24) is 15.3 Å². The van der Waals surface area contributed by atoms with Crippen LogP contribution in [0.3, 0.4) is 0 Å². The highest BCUT2D eigenvalue weighted by Gasteiger charge is 2.17. The number of carbonyl (C=O) groups is 1. The molecule has 3 aromatic rings. The Morgan fingerprint density at radius 2 is 1.65 bits per heavy atom. The zero-order chi connectivity index (χ0) is 16.1. The largest absolute Gasteiger partial charge is 0.341 e. The zero-order valence-electron chi connectivity index (χ0n) is 12.2. The normalized spacial score (nSPS) is 11.7. The number of pyridine rings is 2. The molecule has 0 aliphatic carbocycles. The average molecular weight is 324 g/mol. The molecule has 0 fully saturated rings. The van der Waals surface area contributed by atoms with Crippen molar-refractivity contribution in [2.75, 3.05) is 0 Å². The molecule has 1 amide bonds. The minimum atomic E-state index is -0.265. The summed E-state index contributed by atoms with van der Waals surface area (Å²) in [6.45, 7) is 0. The van der Waals surface area contributed by atoms with Gasteiger partial charge in [0, 0.05) is 24.2 Å². The van der Waals surface area contributed by atoms with Gasteiger partial charge in [-0.15, -0.1) is 0 Å². The Bertz CT molecular complexity index is 754. The van der Waals surface area contributed by atoms with Gasteiger partial charge in [0.2, 0.25) is 0 Å². The molecule has 0 saturated carbocycles. The van der Waals surface area contributed by atoms with E-state index in [2.05, 4.69) is 15.3 Å². The van der Waals surface area contributed by atoms with Gasteiger partial charge in [-0.1, -0.05) is 41.9 Å². The maximum absolute atomic E-state index is 12.5. The molecule has 23 heavy (non-hydrogen) atoms. The van der Waals surface area contributed by atoms with Crippen molar-refractivity contribution in [2.45, 2.75) is 6.04 Å². The van der Waals surface area contributed by atoms with Crippen molar-refractivity contribution < 1.29 is 4.79 Å². The van der Waals surface area contributed by atoms with Crippen LogP contribution in [0, 0.1) is 0 Å². The number of carbonyl (C=O) groups excluding carboxylic acids is 1. The fourth-order valence-electron chi connectivity index (χ4n) is 2.32. The Hall–Kier alpha value is -2.72. The van der Waals surface area contributed by atoms with Crippen LogP contribution < -0.4 is 5.32 Å². The van der Waals surface area contributed by atoms with E-state index in [0.29, 0.717) is 5.56 Å². The van der Waals surface area contributed by atoms with Gasteiger partial charge in [-0.05, 0) is 35.4 Å². The SMILES string of the molecule is O=C(NC(c1ccccc1)c1ccncc1)c1ccnc(Cl)c1. The fourth-order valence-corrected chi connectivity index (χ4v) is 2.49. The summed E-state index contributed by atoms with van der Waals surface area (Å²) in [5, 5.41) is 3.33. The van der Waals surface area contributed by atoms with E-state index in [1.54, 1.807) is 24.5 Å². The molecule has 0 spiro atoms. The van der Waals surface area contributed by atoms with Gasteiger partial charge in [0.25, 0.3) is 5.91 Å². The lowest BCUT2D eigenvalue weighted by molar-refractivity contribution is 0.0943. The summed E-state index contributed by atoms with van der Waals surface area (Å²) in [5.74, 6) is -0.208. The van der Waals surface area contributed by atoms with Crippen molar-refractivity contribution in [1.29, 1.82) is 0 Å². The molecule has 0 saturated heterocycles. The predicted molar refractivity (Wildman–Crippen MR) is 89.2 cm³/mol. The number of halogens is 1. The van der Waals surface area contributed by atoms with E-state index < -0.39 is 0 Å². The first-order valence-corrected chi connectivity index (χ1v) is 7.49. The molecule has 114 valence electrons. The van der Waals surface area contributed by atoms with E-state index in [4.69, 9.17) is 11.6 Å². The highest BCUT2D eigenvalue weighted by Crippen LogP contribution is 2.22. The number of rotatable bonds is 4. The average Bonchev–Trinajstić information content (AvgIpc) is 2.61. The van der Waals surface area contributed by atoms with Crippen molar-refractivity contribution in [3.63, 3.8) is 0 Å². The second-order valence-corrected chi connectivity index (χ2v) is 5.35. The van der Waals surface area contributed by atoms with Gasteiger partial charge in [-0.3, -0.25) is 9.78 Å². The number of aromatic nitrogens is 2. The summed E-state index contributed by atoms with van der Waals surface area (Å²) in [6, 6.07) is 16.5. The standard InChI is InChI=1S/C18H14ClN3O/c19-16-12-15(8-11-21-16)18(23)22-17(13-4-2-1-3-5-13)14-6-9-20-10-7-14/h1-12,17H,(H,22,23). The van der Waals surface area contributed by atoms with Crippen LogP contribution in [0.5, 0.6) is 0 Å². The molecule has 0 aliphatic heterocycles. The number of amides is 1. The third-order valence-electron chi connectivity index (χ3n) is 3.44. The summed E-state index contributed by atoms with van der Waals surface area (Å²) >= 11 is 5.86. The Morgan fingerprint density at radius 1 is 0.957 bits per heavy atom. The van der Waals surface area contributed by atoms with E-state index in [9.17, 15) is 4.79 Å². The first-order valence-electron chi connectivity index (χ1n) is 7.11. The first kappa shape index (κ1) is 15.2. The maximum Gasteiger partial charge on any atom is 0.252 e. The van der Waals surface area contributed by atoms with Crippen LogP contribution in [0.25, 0.3) is 0 Å².